The Kier molecular flexibility index (Phi) is 4.19. The predicted octanol–water partition coefficient (Wildman–Crippen LogP) is 1.08. The van der Waals surface area contributed by atoms with Crippen LogP contribution in [0.25, 0.3) is 0 Å². The quantitative estimate of drug-likeness (QED) is 0.763. The lowest BCUT2D eigenvalue weighted by Crippen LogP contribution is -2.44. The van der Waals surface area contributed by atoms with Gasteiger partial charge in [-0.2, -0.15) is 0 Å². The molecule has 1 aliphatic rings. The maximum Gasteiger partial charge on any atom is 0.226 e. The number of carbonyl (C=O) groups excluding carboxylic acids is 1. The summed E-state index contributed by atoms with van der Waals surface area (Å²) in [5.41, 5.74) is 5.47. The fourth-order valence-corrected chi connectivity index (χ4v) is 2.84. The first-order valence-electron chi connectivity index (χ1n) is 6.26. The van der Waals surface area contributed by atoms with Crippen LogP contribution in [0.15, 0.2) is 5.38 Å². The molecule has 1 heterocycles. The SMILES string of the molecule is Nc1nc(CC(=O)NCC2(O)CCCCC2)cs1. The Morgan fingerprint density at radius 2 is 2.22 bits per heavy atom. The third-order valence-corrected chi connectivity index (χ3v) is 4.03. The Labute approximate surface area is 110 Å². The van der Waals surface area contributed by atoms with Gasteiger partial charge < -0.3 is 16.2 Å². The van der Waals surface area contributed by atoms with Crippen molar-refractivity contribution in [3.8, 4) is 0 Å². The van der Waals surface area contributed by atoms with Gasteiger partial charge in [0.25, 0.3) is 0 Å². The first kappa shape index (κ1) is 13.3. The van der Waals surface area contributed by atoms with E-state index in [1.54, 1.807) is 5.38 Å². The molecule has 1 aromatic rings. The summed E-state index contributed by atoms with van der Waals surface area (Å²) in [6.45, 7) is 0.339. The third kappa shape index (κ3) is 3.68. The van der Waals surface area contributed by atoms with E-state index in [0.29, 0.717) is 17.4 Å². The largest absolute Gasteiger partial charge is 0.388 e. The minimum atomic E-state index is -0.713. The van der Waals surface area contributed by atoms with Crippen molar-refractivity contribution in [2.45, 2.75) is 44.1 Å². The number of aromatic nitrogens is 1. The number of amides is 1. The zero-order valence-corrected chi connectivity index (χ0v) is 11.1. The van der Waals surface area contributed by atoms with Crippen LogP contribution in [0.4, 0.5) is 5.13 Å². The van der Waals surface area contributed by atoms with E-state index in [-0.39, 0.29) is 12.3 Å². The van der Waals surface area contributed by atoms with E-state index in [1.807, 2.05) is 0 Å². The molecule has 6 heteroatoms. The molecule has 1 fully saturated rings. The number of hydrogen-bond acceptors (Lipinski definition) is 5. The van der Waals surface area contributed by atoms with E-state index in [4.69, 9.17) is 5.73 Å². The van der Waals surface area contributed by atoms with Gasteiger partial charge in [0, 0.05) is 11.9 Å². The first-order chi connectivity index (χ1) is 8.57. The zero-order chi connectivity index (χ0) is 13.0. The normalized spacial score (nSPS) is 18.5. The van der Waals surface area contributed by atoms with Crippen LogP contribution in [0.3, 0.4) is 0 Å². The molecule has 2 rings (SSSR count). The fourth-order valence-electron chi connectivity index (χ4n) is 2.28. The van der Waals surface area contributed by atoms with Gasteiger partial charge in [-0.1, -0.05) is 19.3 Å². The number of nitrogens with two attached hydrogens (primary N) is 1. The lowest BCUT2D eigenvalue weighted by molar-refractivity contribution is -0.122. The molecule has 0 spiro atoms. The van der Waals surface area contributed by atoms with E-state index in [2.05, 4.69) is 10.3 Å². The van der Waals surface area contributed by atoms with Gasteiger partial charge in [0.1, 0.15) is 0 Å². The molecule has 1 aromatic heterocycles. The molecule has 0 unspecified atom stereocenters. The number of carbonyl (C=O) groups is 1. The molecule has 1 aliphatic carbocycles. The number of nitrogen functional groups attached to an aromatic ring is 1. The standard InChI is InChI=1S/C12H19N3O2S/c13-11-15-9(7-18-11)6-10(16)14-8-12(17)4-2-1-3-5-12/h7,17H,1-6,8H2,(H2,13,15)(H,14,16). The van der Waals surface area contributed by atoms with Crippen LogP contribution in [0.5, 0.6) is 0 Å². The Balaban J connectivity index is 1.77. The van der Waals surface area contributed by atoms with Crippen LogP contribution in [0, 0.1) is 0 Å². The van der Waals surface area contributed by atoms with Gasteiger partial charge in [-0.3, -0.25) is 4.79 Å². The maximum atomic E-state index is 11.7. The van der Waals surface area contributed by atoms with Crippen molar-refractivity contribution in [1.29, 1.82) is 0 Å². The van der Waals surface area contributed by atoms with Gasteiger partial charge in [0.05, 0.1) is 17.7 Å². The number of anilines is 1. The van der Waals surface area contributed by atoms with Crippen LogP contribution < -0.4 is 11.1 Å². The second-order valence-corrected chi connectivity index (χ2v) is 5.81. The molecule has 5 nitrogen and oxygen atoms in total. The predicted molar refractivity (Wildman–Crippen MR) is 71.3 cm³/mol. The summed E-state index contributed by atoms with van der Waals surface area (Å²) in [5, 5.41) is 15.3. The maximum absolute atomic E-state index is 11.7. The number of hydrogen-bond donors (Lipinski definition) is 3. The Hall–Kier alpha value is -1.14. The average molecular weight is 269 g/mol. The van der Waals surface area contributed by atoms with Gasteiger partial charge in [-0.15, -0.1) is 11.3 Å². The molecular weight excluding hydrogens is 250 g/mol. The van der Waals surface area contributed by atoms with E-state index in [9.17, 15) is 9.90 Å². The number of nitrogens with one attached hydrogen (secondary N) is 1. The Bertz CT molecular complexity index is 413. The van der Waals surface area contributed by atoms with Gasteiger partial charge >= 0.3 is 0 Å². The topological polar surface area (TPSA) is 88.2 Å². The molecule has 0 aliphatic heterocycles. The van der Waals surface area contributed by atoms with Crippen LogP contribution in [-0.2, 0) is 11.2 Å². The summed E-state index contributed by atoms with van der Waals surface area (Å²) in [7, 11) is 0. The molecule has 100 valence electrons. The lowest BCUT2D eigenvalue weighted by atomic mass is 9.85. The summed E-state index contributed by atoms with van der Waals surface area (Å²) in [4.78, 5) is 15.7. The lowest BCUT2D eigenvalue weighted by Gasteiger charge is -2.32. The molecule has 0 aromatic carbocycles. The number of aliphatic hydroxyl groups is 1. The number of rotatable bonds is 4. The number of nitrogens with zero attached hydrogens (tertiary/aromatic N) is 1. The van der Waals surface area contributed by atoms with Gasteiger partial charge in [0.2, 0.25) is 5.91 Å². The molecule has 0 saturated heterocycles. The van der Waals surface area contributed by atoms with Crippen LogP contribution in [0.2, 0.25) is 0 Å². The third-order valence-electron chi connectivity index (χ3n) is 3.31. The van der Waals surface area contributed by atoms with Crippen molar-refractivity contribution in [3.63, 3.8) is 0 Å². The minimum Gasteiger partial charge on any atom is -0.388 e. The van der Waals surface area contributed by atoms with E-state index in [1.165, 1.54) is 17.8 Å². The fraction of sp³-hybridized carbons (Fsp3) is 0.667. The Morgan fingerprint density at radius 3 is 2.83 bits per heavy atom. The van der Waals surface area contributed by atoms with Crippen LogP contribution in [-0.4, -0.2) is 28.1 Å². The summed E-state index contributed by atoms with van der Waals surface area (Å²) in [6, 6.07) is 0. The highest BCUT2D eigenvalue weighted by Crippen LogP contribution is 2.27. The monoisotopic (exact) mass is 269 g/mol. The second kappa shape index (κ2) is 5.67. The smallest absolute Gasteiger partial charge is 0.226 e. The van der Waals surface area contributed by atoms with Crippen molar-refractivity contribution in [3.05, 3.63) is 11.1 Å². The van der Waals surface area contributed by atoms with Gasteiger partial charge in [-0.25, -0.2) is 4.98 Å². The second-order valence-electron chi connectivity index (χ2n) is 4.92. The van der Waals surface area contributed by atoms with Crippen LogP contribution in [0.1, 0.15) is 37.8 Å². The van der Waals surface area contributed by atoms with Crippen molar-refractivity contribution in [2.24, 2.45) is 0 Å². The molecular formula is C12H19N3O2S. The highest BCUT2D eigenvalue weighted by Gasteiger charge is 2.29. The summed E-state index contributed by atoms with van der Waals surface area (Å²) >= 11 is 1.33. The molecule has 1 amide bonds. The molecule has 4 N–H and O–H groups in total. The van der Waals surface area contributed by atoms with E-state index < -0.39 is 5.60 Å². The highest BCUT2D eigenvalue weighted by molar-refractivity contribution is 7.13. The first-order valence-corrected chi connectivity index (χ1v) is 7.14. The van der Waals surface area contributed by atoms with Gasteiger partial charge in [-0.05, 0) is 12.8 Å². The number of thiazole rings is 1. The minimum absolute atomic E-state index is 0.112. The van der Waals surface area contributed by atoms with Gasteiger partial charge in [0.15, 0.2) is 5.13 Å². The highest BCUT2D eigenvalue weighted by atomic mass is 32.1. The molecule has 0 atom stereocenters. The van der Waals surface area contributed by atoms with E-state index >= 15 is 0 Å². The van der Waals surface area contributed by atoms with Crippen LogP contribution >= 0.6 is 11.3 Å². The Morgan fingerprint density at radius 1 is 1.50 bits per heavy atom. The molecule has 0 bridgehead atoms. The van der Waals surface area contributed by atoms with Crippen molar-refractivity contribution >= 4 is 22.4 Å². The van der Waals surface area contributed by atoms with Crippen molar-refractivity contribution in [2.75, 3.05) is 12.3 Å². The summed E-state index contributed by atoms with van der Waals surface area (Å²) in [6.07, 6.45) is 5.02. The zero-order valence-electron chi connectivity index (χ0n) is 10.3. The molecule has 0 radical (unpaired) electrons. The summed E-state index contributed by atoms with van der Waals surface area (Å²) in [5.74, 6) is -0.112. The average Bonchev–Trinajstić information content (AvgIpc) is 2.73. The van der Waals surface area contributed by atoms with E-state index in [0.717, 1.165) is 25.7 Å². The van der Waals surface area contributed by atoms with Crippen molar-refractivity contribution in [1.82, 2.24) is 10.3 Å². The van der Waals surface area contributed by atoms with Crippen molar-refractivity contribution < 1.29 is 9.90 Å². The summed E-state index contributed by atoms with van der Waals surface area (Å²) < 4.78 is 0. The molecule has 18 heavy (non-hydrogen) atoms. The molecule has 1 saturated carbocycles.